The van der Waals surface area contributed by atoms with Crippen LogP contribution in [0.2, 0.25) is 0 Å². The molecule has 1 aliphatic rings. The Morgan fingerprint density at radius 3 is 3.00 bits per heavy atom. The average Bonchev–Trinajstić information content (AvgIpc) is 2.74. The maximum Gasteiger partial charge on any atom is 0.293 e. The van der Waals surface area contributed by atoms with Crippen molar-refractivity contribution in [1.29, 1.82) is 0 Å². The van der Waals surface area contributed by atoms with E-state index in [4.69, 9.17) is 0 Å². The third kappa shape index (κ3) is 3.53. The van der Waals surface area contributed by atoms with E-state index in [1.165, 1.54) is 0 Å². The number of hydrogen-bond acceptors (Lipinski definition) is 4. The molecule has 1 aliphatic heterocycles. The molecule has 1 aromatic rings. The van der Waals surface area contributed by atoms with Gasteiger partial charge in [-0.25, -0.2) is 4.98 Å². The zero-order valence-corrected chi connectivity index (χ0v) is 11.6. The zero-order valence-electron chi connectivity index (χ0n) is 11.6. The Morgan fingerprint density at radius 2 is 2.26 bits per heavy atom. The highest BCUT2D eigenvalue weighted by atomic mass is 16.3. The fourth-order valence-electron chi connectivity index (χ4n) is 2.35. The molecule has 1 saturated heterocycles. The number of nitrogens with one attached hydrogen (secondary N) is 1. The van der Waals surface area contributed by atoms with E-state index in [9.17, 15) is 9.90 Å². The predicted octanol–water partition coefficient (Wildman–Crippen LogP) is 1.13. The van der Waals surface area contributed by atoms with Crippen LogP contribution in [0.5, 0.6) is 0 Å². The monoisotopic (exact) mass is 266 g/mol. The van der Waals surface area contributed by atoms with Crippen molar-refractivity contribution < 1.29 is 9.90 Å². The highest BCUT2D eigenvalue weighted by Gasteiger charge is 2.28. The molecule has 6 nitrogen and oxygen atoms in total. The van der Waals surface area contributed by atoms with Crippen molar-refractivity contribution in [2.24, 2.45) is 0 Å². The first kappa shape index (κ1) is 14.0. The molecule has 6 heteroatoms. The lowest BCUT2D eigenvalue weighted by Crippen LogP contribution is -2.34. The average molecular weight is 266 g/mol. The molecule has 19 heavy (non-hydrogen) atoms. The second kappa shape index (κ2) is 5.69. The van der Waals surface area contributed by atoms with Crippen LogP contribution in [0.25, 0.3) is 0 Å². The minimum atomic E-state index is -0.665. The standard InChI is InChI=1S/C13H22N4O2/c1-3-5-10-14-11(16-15-10)12(18)17-8-4-6-13(2,19)7-9-17/h19H,3-9H2,1-2H3,(H,14,15,16). The summed E-state index contributed by atoms with van der Waals surface area (Å²) in [6.07, 6.45) is 3.91. The topological polar surface area (TPSA) is 82.1 Å². The molecule has 2 rings (SSSR count). The van der Waals surface area contributed by atoms with Gasteiger partial charge in [0.15, 0.2) is 0 Å². The number of nitrogens with zero attached hydrogens (tertiary/aromatic N) is 3. The molecule has 0 aromatic carbocycles. The Kier molecular flexibility index (Phi) is 4.19. The first-order chi connectivity index (χ1) is 9.02. The van der Waals surface area contributed by atoms with Crippen LogP contribution in [-0.2, 0) is 6.42 Å². The number of aryl methyl sites for hydroxylation is 1. The van der Waals surface area contributed by atoms with Gasteiger partial charge in [-0.15, -0.1) is 5.10 Å². The van der Waals surface area contributed by atoms with Gasteiger partial charge in [0, 0.05) is 19.5 Å². The lowest BCUT2D eigenvalue weighted by molar-refractivity contribution is 0.0436. The van der Waals surface area contributed by atoms with Gasteiger partial charge in [-0.1, -0.05) is 6.92 Å². The van der Waals surface area contributed by atoms with Gasteiger partial charge < -0.3 is 10.0 Å². The largest absolute Gasteiger partial charge is 0.390 e. The van der Waals surface area contributed by atoms with Gasteiger partial charge in [0.05, 0.1) is 5.60 Å². The number of amides is 1. The summed E-state index contributed by atoms with van der Waals surface area (Å²) < 4.78 is 0. The summed E-state index contributed by atoms with van der Waals surface area (Å²) in [4.78, 5) is 18.2. The maximum absolute atomic E-state index is 12.3. The lowest BCUT2D eigenvalue weighted by Gasteiger charge is -2.21. The quantitative estimate of drug-likeness (QED) is 0.859. The molecule has 0 radical (unpaired) electrons. The van der Waals surface area contributed by atoms with E-state index in [0.717, 1.165) is 31.5 Å². The van der Waals surface area contributed by atoms with E-state index in [-0.39, 0.29) is 11.7 Å². The van der Waals surface area contributed by atoms with Gasteiger partial charge in [0.1, 0.15) is 5.82 Å². The van der Waals surface area contributed by atoms with Gasteiger partial charge in [-0.05, 0) is 32.6 Å². The third-order valence-electron chi connectivity index (χ3n) is 3.56. The Labute approximate surface area is 113 Å². The summed E-state index contributed by atoms with van der Waals surface area (Å²) in [6, 6.07) is 0. The number of hydrogen-bond donors (Lipinski definition) is 2. The summed E-state index contributed by atoms with van der Waals surface area (Å²) in [7, 11) is 0. The van der Waals surface area contributed by atoms with E-state index in [0.29, 0.717) is 19.5 Å². The van der Waals surface area contributed by atoms with Crippen LogP contribution in [0.1, 0.15) is 56.0 Å². The van der Waals surface area contributed by atoms with Crippen molar-refractivity contribution in [3.63, 3.8) is 0 Å². The van der Waals surface area contributed by atoms with Crippen LogP contribution in [0.4, 0.5) is 0 Å². The lowest BCUT2D eigenvalue weighted by atomic mass is 9.98. The molecule has 0 bridgehead atoms. The normalized spacial score (nSPS) is 24.3. The number of carbonyl (C=O) groups excluding carboxylic acids is 1. The molecule has 2 N–H and O–H groups in total. The molecule has 0 aliphatic carbocycles. The summed E-state index contributed by atoms with van der Waals surface area (Å²) in [6.45, 7) is 5.10. The van der Waals surface area contributed by atoms with Crippen LogP contribution < -0.4 is 0 Å². The molecule has 2 heterocycles. The van der Waals surface area contributed by atoms with Gasteiger partial charge in [0.25, 0.3) is 5.91 Å². The predicted molar refractivity (Wildman–Crippen MR) is 70.8 cm³/mol. The Bertz CT molecular complexity index is 442. The van der Waals surface area contributed by atoms with E-state index in [1.807, 2.05) is 6.92 Å². The Hall–Kier alpha value is -1.43. The second-order valence-electron chi connectivity index (χ2n) is 5.50. The fraction of sp³-hybridized carbons (Fsp3) is 0.769. The number of rotatable bonds is 3. The van der Waals surface area contributed by atoms with Crippen molar-refractivity contribution in [3.8, 4) is 0 Å². The van der Waals surface area contributed by atoms with Crippen LogP contribution >= 0.6 is 0 Å². The summed E-state index contributed by atoms with van der Waals surface area (Å²) in [5, 5.41) is 16.8. The van der Waals surface area contributed by atoms with Crippen LogP contribution in [0, 0.1) is 0 Å². The summed E-state index contributed by atoms with van der Waals surface area (Å²) >= 11 is 0. The fourth-order valence-corrected chi connectivity index (χ4v) is 2.35. The molecule has 1 aromatic heterocycles. The smallest absolute Gasteiger partial charge is 0.293 e. The minimum absolute atomic E-state index is 0.142. The van der Waals surface area contributed by atoms with Crippen molar-refractivity contribution in [2.45, 2.75) is 51.6 Å². The van der Waals surface area contributed by atoms with Crippen LogP contribution in [0.15, 0.2) is 0 Å². The number of H-pyrrole nitrogens is 1. The zero-order chi connectivity index (χ0) is 13.9. The number of likely N-dealkylation sites (tertiary alicyclic amines) is 1. The van der Waals surface area contributed by atoms with Crippen molar-refractivity contribution in [1.82, 2.24) is 20.1 Å². The molecule has 0 spiro atoms. The second-order valence-corrected chi connectivity index (χ2v) is 5.50. The molecule has 106 valence electrons. The van der Waals surface area contributed by atoms with Gasteiger partial charge in [-0.2, -0.15) is 0 Å². The minimum Gasteiger partial charge on any atom is -0.390 e. The highest BCUT2D eigenvalue weighted by Crippen LogP contribution is 2.21. The molecule has 1 atom stereocenters. The van der Waals surface area contributed by atoms with Crippen molar-refractivity contribution >= 4 is 5.91 Å². The van der Waals surface area contributed by atoms with Gasteiger partial charge in [-0.3, -0.25) is 9.89 Å². The van der Waals surface area contributed by atoms with Crippen molar-refractivity contribution in [3.05, 3.63) is 11.6 Å². The Morgan fingerprint density at radius 1 is 1.47 bits per heavy atom. The SMILES string of the molecule is CCCc1nc(C(=O)N2CCCC(C)(O)CC2)n[nH]1. The molecular formula is C13H22N4O2. The first-order valence-corrected chi connectivity index (χ1v) is 6.95. The van der Waals surface area contributed by atoms with Gasteiger partial charge >= 0.3 is 0 Å². The van der Waals surface area contributed by atoms with Crippen LogP contribution in [0.3, 0.4) is 0 Å². The summed E-state index contributed by atoms with van der Waals surface area (Å²) in [5.41, 5.74) is -0.665. The molecule has 0 saturated carbocycles. The van der Waals surface area contributed by atoms with E-state index >= 15 is 0 Å². The molecule has 1 amide bonds. The highest BCUT2D eigenvalue weighted by molar-refractivity contribution is 5.90. The molecular weight excluding hydrogens is 244 g/mol. The Balaban J connectivity index is 2.02. The number of carbonyl (C=O) groups is 1. The molecule has 1 unspecified atom stereocenters. The van der Waals surface area contributed by atoms with Gasteiger partial charge in [0.2, 0.25) is 5.82 Å². The van der Waals surface area contributed by atoms with Crippen molar-refractivity contribution in [2.75, 3.05) is 13.1 Å². The number of aromatic amines is 1. The number of aliphatic hydroxyl groups is 1. The van der Waals surface area contributed by atoms with E-state index < -0.39 is 5.60 Å². The molecule has 1 fully saturated rings. The van der Waals surface area contributed by atoms with E-state index in [1.54, 1.807) is 4.90 Å². The summed E-state index contributed by atoms with van der Waals surface area (Å²) in [5.74, 6) is 0.856. The number of aromatic nitrogens is 3. The first-order valence-electron chi connectivity index (χ1n) is 6.95. The van der Waals surface area contributed by atoms with Crippen LogP contribution in [-0.4, -0.2) is 49.8 Å². The maximum atomic E-state index is 12.3. The van der Waals surface area contributed by atoms with E-state index in [2.05, 4.69) is 22.1 Å². The third-order valence-corrected chi connectivity index (χ3v) is 3.56.